The molecule has 3 rings (SSSR count). The van der Waals surface area contributed by atoms with Crippen LogP contribution in [0.5, 0.6) is 11.8 Å². The molecule has 2 aromatic carbocycles. The van der Waals surface area contributed by atoms with Crippen LogP contribution in [-0.2, 0) is 0 Å². The van der Waals surface area contributed by atoms with Crippen molar-refractivity contribution in [3.05, 3.63) is 65.3 Å². The Balaban J connectivity index is 2.05. The van der Waals surface area contributed by atoms with Crippen LogP contribution in [0.4, 0.5) is 5.82 Å². The van der Waals surface area contributed by atoms with Crippen LogP contribution in [0.2, 0.25) is 5.15 Å². The third-order valence-electron chi connectivity index (χ3n) is 3.56. The lowest BCUT2D eigenvalue weighted by Crippen LogP contribution is -2.05. The van der Waals surface area contributed by atoms with Gasteiger partial charge in [-0.1, -0.05) is 54.1 Å². The van der Waals surface area contributed by atoms with Crippen molar-refractivity contribution >= 4 is 23.4 Å². The highest BCUT2D eigenvalue weighted by atomic mass is 35.5. The van der Waals surface area contributed by atoms with E-state index in [4.69, 9.17) is 16.3 Å². The zero-order valence-corrected chi connectivity index (χ0v) is 14.7. The fraction of sp³-hybridized carbons (Fsp3) is 0.105. The molecule has 0 unspecified atom stereocenters. The number of halogens is 1. The summed E-state index contributed by atoms with van der Waals surface area (Å²) in [6.07, 6.45) is 0. The summed E-state index contributed by atoms with van der Waals surface area (Å²) >= 11 is 5.99. The molecule has 6 nitrogen and oxygen atoms in total. The molecule has 1 aromatic heterocycles. The second-order valence-corrected chi connectivity index (χ2v) is 5.73. The molecule has 0 fully saturated rings. The van der Waals surface area contributed by atoms with Gasteiger partial charge < -0.3 is 15.2 Å². The predicted octanol–water partition coefficient (Wildman–Crippen LogP) is 4.72. The van der Waals surface area contributed by atoms with Crippen molar-refractivity contribution in [2.45, 2.75) is 6.92 Å². The van der Waals surface area contributed by atoms with Gasteiger partial charge in [0.1, 0.15) is 22.3 Å². The fourth-order valence-corrected chi connectivity index (χ4v) is 2.68. The summed E-state index contributed by atoms with van der Waals surface area (Å²) < 4.78 is 5.67. The van der Waals surface area contributed by atoms with Gasteiger partial charge in [0, 0.05) is 12.6 Å². The molecular weight excluding hydrogens is 354 g/mol. The maximum Gasteiger partial charge on any atom is 0.340 e. The quantitative estimate of drug-likeness (QED) is 0.611. The Morgan fingerprint density at radius 3 is 2.62 bits per heavy atom. The van der Waals surface area contributed by atoms with Gasteiger partial charge in [0.2, 0.25) is 0 Å². The minimum atomic E-state index is -1.10. The van der Waals surface area contributed by atoms with Crippen LogP contribution in [0.3, 0.4) is 0 Å². The SMILES string of the molecule is CCNc1cc(Cl)nc(Oc2cccc(-c3ccccc3)c2C(=O)O)n1. The summed E-state index contributed by atoms with van der Waals surface area (Å²) in [5, 5.41) is 12.9. The van der Waals surface area contributed by atoms with Gasteiger partial charge in [0.25, 0.3) is 0 Å². The summed E-state index contributed by atoms with van der Waals surface area (Å²) in [5.74, 6) is -0.462. The smallest absolute Gasteiger partial charge is 0.340 e. The summed E-state index contributed by atoms with van der Waals surface area (Å²) in [6, 6.07) is 15.8. The van der Waals surface area contributed by atoms with E-state index in [2.05, 4.69) is 15.3 Å². The number of benzene rings is 2. The highest BCUT2D eigenvalue weighted by Crippen LogP contribution is 2.33. The predicted molar refractivity (Wildman–Crippen MR) is 100 cm³/mol. The summed E-state index contributed by atoms with van der Waals surface area (Å²) in [6.45, 7) is 2.57. The van der Waals surface area contributed by atoms with Gasteiger partial charge in [-0.2, -0.15) is 9.97 Å². The molecule has 132 valence electrons. The van der Waals surface area contributed by atoms with Gasteiger partial charge in [-0.15, -0.1) is 0 Å². The van der Waals surface area contributed by atoms with E-state index in [9.17, 15) is 9.90 Å². The monoisotopic (exact) mass is 369 g/mol. The molecule has 0 amide bonds. The maximum absolute atomic E-state index is 11.9. The lowest BCUT2D eigenvalue weighted by Gasteiger charge is -2.12. The van der Waals surface area contributed by atoms with Crippen LogP contribution < -0.4 is 10.1 Å². The molecule has 0 aliphatic heterocycles. The highest BCUT2D eigenvalue weighted by Gasteiger charge is 2.19. The molecule has 0 saturated carbocycles. The number of aromatic carboxylic acids is 1. The van der Waals surface area contributed by atoms with E-state index in [0.29, 0.717) is 17.9 Å². The molecule has 0 saturated heterocycles. The van der Waals surface area contributed by atoms with Gasteiger partial charge >= 0.3 is 12.0 Å². The maximum atomic E-state index is 11.9. The molecule has 0 atom stereocenters. The topological polar surface area (TPSA) is 84.3 Å². The van der Waals surface area contributed by atoms with Gasteiger partial charge in [0.05, 0.1) is 0 Å². The van der Waals surface area contributed by atoms with E-state index >= 15 is 0 Å². The lowest BCUT2D eigenvalue weighted by atomic mass is 9.99. The number of hydrogen-bond donors (Lipinski definition) is 2. The molecule has 26 heavy (non-hydrogen) atoms. The van der Waals surface area contributed by atoms with Crippen LogP contribution in [0.25, 0.3) is 11.1 Å². The molecule has 0 bridgehead atoms. The molecular formula is C19H16ClN3O3. The molecule has 3 aromatic rings. The van der Waals surface area contributed by atoms with Crippen LogP contribution in [0.1, 0.15) is 17.3 Å². The first-order chi connectivity index (χ1) is 12.6. The standard InChI is InChI=1S/C19H16ClN3O3/c1-2-21-16-11-15(20)22-19(23-16)26-14-10-6-9-13(17(14)18(24)25)12-7-4-3-5-8-12/h3-11H,2H2,1H3,(H,24,25)(H,21,22,23). The first kappa shape index (κ1) is 17.7. The van der Waals surface area contributed by atoms with Gasteiger partial charge in [-0.25, -0.2) is 4.79 Å². The molecule has 2 N–H and O–H groups in total. The van der Waals surface area contributed by atoms with E-state index in [0.717, 1.165) is 5.56 Å². The number of hydrogen-bond acceptors (Lipinski definition) is 5. The number of carbonyl (C=O) groups is 1. The number of carboxylic acids is 1. The number of nitrogens with one attached hydrogen (secondary N) is 1. The van der Waals surface area contributed by atoms with E-state index < -0.39 is 5.97 Å². The summed E-state index contributed by atoms with van der Waals surface area (Å²) in [4.78, 5) is 20.1. The van der Waals surface area contributed by atoms with E-state index in [-0.39, 0.29) is 22.5 Å². The highest BCUT2D eigenvalue weighted by molar-refractivity contribution is 6.29. The van der Waals surface area contributed by atoms with Gasteiger partial charge in [-0.3, -0.25) is 0 Å². The first-order valence-electron chi connectivity index (χ1n) is 7.96. The number of ether oxygens (including phenoxy) is 1. The number of carboxylic acid groups (broad SMARTS) is 1. The van der Waals surface area contributed by atoms with E-state index in [1.165, 1.54) is 0 Å². The Hall–Kier alpha value is -3.12. The first-order valence-corrected chi connectivity index (χ1v) is 8.34. The average molecular weight is 370 g/mol. The molecule has 7 heteroatoms. The molecule has 0 spiro atoms. The van der Waals surface area contributed by atoms with Crippen molar-refractivity contribution in [1.29, 1.82) is 0 Å². The number of aromatic nitrogens is 2. The average Bonchev–Trinajstić information content (AvgIpc) is 2.62. The van der Waals surface area contributed by atoms with Crippen molar-refractivity contribution in [3.63, 3.8) is 0 Å². The van der Waals surface area contributed by atoms with Crippen LogP contribution in [0.15, 0.2) is 54.6 Å². The van der Waals surface area contributed by atoms with Crippen molar-refractivity contribution < 1.29 is 14.6 Å². The minimum absolute atomic E-state index is 0.0267. The number of anilines is 1. The summed E-state index contributed by atoms with van der Waals surface area (Å²) in [7, 11) is 0. The minimum Gasteiger partial charge on any atom is -0.478 e. The molecule has 0 aliphatic rings. The second kappa shape index (κ2) is 7.84. The normalized spacial score (nSPS) is 10.4. The van der Waals surface area contributed by atoms with E-state index in [1.54, 1.807) is 24.3 Å². The third-order valence-corrected chi connectivity index (χ3v) is 3.75. The summed E-state index contributed by atoms with van der Waals surface area (Å²) in [5.41, 5.74) is 1.35. The van der Waals surface area contributed by atoms with E-state index in [1.807, 2.05) is 37.3 Å². The van der Waals surface area contributed by atoms with Crippen molar-refractivity contribution in [2.24, 2.45) is 0 Å². The number of nitrogens with zero attached hydrogens (tertiary/aromatic N) is 2. The number of rotatable bonds is 6. The molecule has 1 heterocycles. The Morgan fingerprint density at radius 1 is 1.15 bits per heavy atom. The zero-order chi connectivity index (χ0) is 18.5. The third kappa shape index (κ3) is 3.92. The van der Waals surface area contributed by atoms with Crippen LogP contribution in [-0.4, -0.2) is 27.6 Å². The van der Waals surface area contributed by atoms with Crippen molar-refractivity contribution in [3.8, 4) is 22.9 Å². The largest absolute Gasteiger partial charge is 0.478 e. The Labute approximate surface area is 155 Å². The molecule has 0 aliphatic carbocycles. The Bertz CT molecular complexity index is 933. The van der Waals surface area contributed by atoms with Crippen molar-refractivity contribution in [2.75, 3.05) is 11.9 Å². The van der Waals surface area contributed by atoms with Gasteiger partial charge in [-0.05, 0) is 24.1 Å². The molecule has 0 radical (unpaired) electrons. The Morgan fingerprint density at radius 2 is 1.92 bits per heavy atom. The fourth-order valence-electron chi connectivity index (χ4n) is 2.51. The second-order valence-electron chi connectivity index (χ2n) is 5.34. The van der Waals surface area contributed by atoms with Gasteiger partial charge in [0.15, 0.2) is 0 Å². The van der Waals surface area contributed by atoms with Crippen LogP contribution >= 0.6 is 11.6 Å². The lowest BCUT2D eigenvalue weighted by molar-refractivity contribution is 0.0695. The van der Waals surface area contributed by atoms with Crippen molar-refractivity contribution in [1.82, 2.24) is 9.97 Å². The van der Waals surface area contributed by atoms with Crippen LogP contribution in [0, 0.1) is 0 Å². The Kier molecular flexibility index (Phi) is 5.34. The zero-order valence-electron chi connectivity index (χ0n) is 13.9.